The number of benzene rings is 1. The summed E-state index contributed by atoms with van der Waals surface area (Å²) in [6.45, 7) is 1.94. The quantitative estimate of drug-likeness (QED) is 0.778. The molecule has 0 saturated carbocycles. The minimum Gasteiger partial charge on any atom is -0.481 e. The highest BCUT2D eigenvalue weighted by atomic mass is 16.4. The van der Waals surface area contributed by atoms with Crippen LogP contribution in [0.15, 0.2) is 24.3 Å². The molecule has 0 fully saturated rings. The van der Waals surface area contributed by atoms with E-state index in [2.05, 4.69) is 0 Å². The van der Waals surface area contributed by atoms with Crippen LogP contribution in [0.3, 0.4) is 0 Å². The van der Waals surface area contributed by atoms with Gasteiger partial charge in [0.1, 0.15) is 6.04 Å². The van der Waals surface area contributed by atoms with Crippen LogP contribution in [-0.4, -0.2) is 39.6 Å². The highest BCUT2D eigenvalue weighted by Gasteiger charge is 2.21. The molecule has 0 aliphatic heterocycles. The van der Waals surface area contributed by atoms with Gasteiger partial charge >= 0.3 is 11.9 Å². The first-order chi connectivity index (χ1) is 9.43. The van der Waals surface area contributed by atoms with E-state index in [1.807, 2.05) is 6.07 Å². The monoisotopic (exact) mass is 276 g/mol. The molecule has 0 aromatic heterocycles. The Kier molecular flexibility index (Phi) is 5.69. The van der Waals surface area contributed by atoms with Gasteiger partial charge in [0.15, 0.2) is 0 Å². The molecular formula is C14H16N2O4. The van der Waals surface area contributed by atoms with E-state index >= 15 is 0 Å². The lowest BCUT2D eigenvalue weighted by atomic mass is 10.1. The van der Waals surface area contributed by atoms with E-state index in [1.165, 1.54) is 6.92 Å². The Labute approximate surface area is 116 Å². The van der Waals surface area contributed by atoms with E-state index < -0.39 is 18.0 Å². The van der Waals surface area contributed by atoms with Gasteiger partial charge in [0.25, 0.3) is 0 Å². The molecule has 0 bridgehead atoms. The molecule has 0 aliphatic rings. The maximum absolute atomic E-state index is 11.1. The van der Waals surface area contributed by atoms with Crippen molar-refractivity contribution >= 4 is 11.9 Å². The lowest BCUT2D eigenvalue weighted by Crippen LogP contribution is -2.39. The summed E-state index contributed by atoms with van der Waals surface area (Å²) in [6, 6.07) is 8.05. The van der Waals surface area contributed by atoms with Crippen molar-refractivity contribution in [3.63, 3.8) is 0 Å². The molecule has 0 spiro atoms. The van der Waals surface area contributed by atoms with Gasteiger partial charge in [-0.25, -0.2) is 0 Å². The third kappa shape index (κ3) is 4.71. The van der Waals surface area contributed by atoms with Gasteiger partial charge in [0, 0.05) is 13.1 Å². The number of hydrogen-bond donors (Lipinski definition) is 2. The predicted octanol–water partition coefficient (Wildman–Crippen LogP) is 1.31. The molecule has 1 rings (SSSR count). The van der Waals surface area contributed by atoms with Gasteiger partial charge in [0.2, 0.25) is 0 Å². The summed E-state index contributed by atoms with van der Waals surface area (Å²) in [5, 5.41) is 26.6. The normalized spacial score (nSPS) is 11.8. The maximum atomic E-state index is 11.1. The van der Waals surface area contributed by atoms with Crippen LogP contribution in [0.1, 0.15) is 24.5 Å². The highest BCUT2D eigenvalue weighted by molar-refractivity contribution is 5.73. The van der Waals surface area contributed by atoms with Crippen LogP contribution in [0.4, 0.5) is 0 Å². The molecule has 1 aromatic rings. The molecule has 2 N–H and O–H groups in total. The molecule has 6 nitrogen and oxygen atoms in total. The average molecular weight is 276 g/mol. The van der Waals surface area contributed by atoms with Gasteiger partial charge in [-0.3, -0.25) is 14.5 Å². The molecule has 0 heterocycles. The number of carboxylic acids is 2. The number of hydrogen-bond acceptors (Lipinski definition) is 4. The minimum absolute atomic E-state index is 0.129. The summed E-state index contributed by atoms with van der Waals surface area (Å²) in [5.41, 5.74) is 1.27. The molecule has 0 radical (unpaired) electrons. The number of carbonyl (C=O) groups is 2. The first-order valence-corrected chi connectivity index (χ1v) is 6.11. The molecule has 0 saturated heterocycles. The Morgan fingerprint density at radius 1 is 1.40 bits per heavy atom. The zero-order chi connectivity index (χ0) is 15.1. The van der Waals surface area contributed by atoms with Crippen molar-refractivity contribution in [1.82, 2.24) is 4.90 Å². The zero-order valence-corrected chi connectivity index (χ0v) is 11.1. The molecule has 0 aliphatic carbocycles. The van der Waals surface area contributed by atoms with Gasteiger partial charge in [-0.2, -0.15) is 5.26 Å². The van der Waals surface area contributed by atoms with Crippen molar-refractivity contribution in [1.29, 1.82) is 5.26 Å². The summed E-state index contributed by atoms with van der Waals surface area (Å²) in [6.07, 6.45) is -0.129. The van der Waals surface area contributed by atoms with Crippen LogP contribution in [-0.2, 0) is 16.1 Å². The largest absolute Gasteiger partial charge is 0.481 e. The Morgan fingerprint density at radius 2 is 2.10 bits per heavy atom. The van der Waals surface area contributed by atoms with Crippen molar-refractivity contribution in [3.05, 3.63) is 35.4 Å². The zero-order valence-electron chi connectivity index (χ0n) is 11.1. The summed E-state index contributed by atoms with van der Waals surface area (Å²) in [5.74, 6) is -1.98. The van der Waals surface area contributed by atoms with Gasteiger partial charge in [-0.1, -0.05) is 12.1 Å². The second kappa shape index (κ2) is 7.26. The van der Waals surface area contributed by atoms with Gasteiger partial charge in [0.05, 0.1) is 18.1 Å². The molecule has 1 unspecified atom stereocenters. The van der Waals surface area contributed by atoms with Crippen molar-refractivity contribution in [2.75, 3.05) is 6.54 Å². The molecular weight excluding hydrogens is 260 g/mol. The molecule has 1 atom stereocenters. The number of nitrogens with zero attached hydrogens (tertiary/aromatic N) is 2. The van der Waals surface area contributed by atoms with E-state index in [-0.39, 0.29) is 19.5 Å². The summed E-state index contributed by atoms with van der Waals surface area (Å²) < 4.78 is 0. The topological polar surface area (TPSA) is 102 Å². The lowest BCUT2D eigenvalue weighted by molar-refractivity contribution is -0.144. The smallest absolute Gasteiger partial charge is 0.320 e. The number of aliphatic carboxylic acids is 2. The molecule has 6 heteroatoms. The molecule has 106 valence electrons. The average Bonchev–Trinajstić information content (AvgIpc) is 2.42. The van der Waals surface area contributed by atoms with Crippen molar-refractivity contribution in [3.8, 4) is 6.07 Å². The van der Waals surface area contributed by atoms with Crippen molar-refractivity contribution in [2.24, 2.45) is 0 Å². The van der Waals surface area contributed by atoms with Crippen molar-refractivity contribution in [2.45, 2.75) is 25.9 Å². The first kappa shape index (κ1) is 15.7. The van der Waals surface area contributed by atoms with E-state index in [0.717, 1.165) is 5.56 Å². The summed E-state index contributed by atoms with van der Waals surface area (Å²) >= 11 is 0. The Morgan fingerprint density at radius 3 is 2.65 bits per heavy atom. The Bertz CT molecular complexity index is 536. The van der Waals surface area contributed by atoms with Crippen LogP contribution < -0.4 is 0 Å². The van der Waals surface area contributed by atoms with Crippen LogP contribution in [0.25, 0.3) is 0 Å². The van der Waals surface area contributed by atoms with E-state index in [1.54, 1.807) is 29.2 Å². The number of rotatable bonds is 7. The lowest BCUT2D eigenvalue weighted by Gasteiger charge is -2.25. The maximum Gasteiger partial charge on any atom is 0.320 e. The van der Waals surface area contributed by atoms with Crippen LogP contribution in [0.2, 0.25) is 0 Å². The SMILES string of the molecule is CC(C(=O)O)N(CCC(=O)O)Cc1cccc(C#N)c1. The van der Waals surface area contributed by atoms with Crippen molar-refractivity contribution < 1.29 is 19.8 Å². The predicted molar refractivity (Wildman–Crippen MR) is 70.9 cm³/mol. The van der Waals surface area contributed by atoms with Gasteiger partial charge < -0.3 is 10.2 Å². The van der Waals surface area contributed by atoms with Crippen LogP contribution in [0, 0.1) is 11.3 Å². The Balaban J connectivity index is 2.84. The van der Waals surface area contributed by atoms with E-state index in [4.69, 9.17) is 15.5 Å². The van der Waals surface area contributed by atoms with E-state index in [0.29, 0.717) is 5.56 Å². The second-order valence-electron chi connectivity index (χ2n) is 4.44. The third-order valence-electron chi connectivity index (χ3n) is 2.96. The van der Waals surface area contributed by atoms with Gasteiger partial charge in [-0.15, -0.1) is 0 Å². The van der Waals surface area contributed by atoms with Gasteiger partial charge in [-0.05, 0) is 24.6 Å². The highest BCUT2D eigenvalue weighted by Crippen LogP contribution is 2.11. The molecule has 1 aromatic carbocycles. The molecule has 0 amide bonds. The third-order valence-corrected chi connectivity index (χ3v) is 2.96. The summed E-state index contributed by atoms with van der Waals surface area (Å²) in [7, 11) is 0. The fraction of sp³-hybridized carbons (Fsp3) is 0.357. The fourth-order valence-electron chi connectivity index (χ4n) is 1.78. The fourth-order valence-corrected chi connectivity index (χ4v) is 1.78. The minimum atomic E-state index is -1.01. The van der Waals surface area contributed by atoms with Crippen LogP contribution in [0.5, 0.6) is 0 Å². The van der Waals surface area contributed by atoms with Crippen LogP contribution >= 0.6 is 0 Å². The standard InChI is InChI=1S/C14H16N2O4/c1-10(14(19)20)16(6-5-13(17)18)9-12-4-2-3-11(7-12)8-15/h2-4,7,10H,5-6,9H2,1H3,(H,17,18)(H,19,20). The summed E-state index contributed by atoms with van der Waals surface area (Å²) in [4.78, 5) is 23.3. The second-order valence-corrected chi connectivity index (χ2v) is 4.44. The Hall–Kier alpha value is -2.39. The number of nitriles is 1. The number of carboxylic acid groups (broad SMARTS) is 2. The first-order valence-electron chi connectivity index (χ1n) is 6.11. The van der Waals surface area contributed by atoms with E-state index in [9.17, 15) is 9.59 Å². The molecule has 20 heavy (non-hydrogen) atoms.